The summed E-state index contributed by atoms with van der Waals surface area (Å²) in [4.78, 5) is 0. The van der Waals surface area contributed by atoms with Crippen LogP contribution in [0.3, 0.4) is 0 Å². The van der Waals surface area contributed by atoms with Gasteiger partial charge < -0.3 is 0 Å². The van der Waals surface area contributed by atoms with E-state index >= 15 is 0 Å². The zero-order valence-corrected chi connectivity index (χ0v) is 9.34. The van der Waals surface area contributed by atoms with Gasteiger partial charge >= 0.3 is 0 Å². The lowest BCUT2D eigenvalue weighted by atomic mass is 9.77. The van der Waals surface area contributed by atoms with E-state index in [0.717, 1.165) is 5.92 Å². The van der Waals surface area contributed by atoms with Gasteiger partial charge in [-0.25, -0.2) is 0 Å². The summed E-state index contributed by atoms with van der Waals surface area (Å²) in [6.45, 7) is 4.47. The van der Waals surface area contributed by atoms with Crippen molar-refractivity contribution >= 4 is 0 Å². The van der Waals surface area contributed by atoms with Crippen LogP contribution >= 0.6 is 0 Å². The highest BCUT2D eigenvalue weighted by Crippen LogP contribution is 2.38. The van der Waals surface area contributed by atoms with Gasteiger partial charge in [-0.1, -0.05) is 43.5 Å². The van der Waals surface area contributed by atoms with Gasteiger partial charge in [0.2, 0.25) is 0 Å². The molecule has 0 aliphatic heterocycles. The SMILES string of the molecule is CCCc1ccc(C)cc1C1CCC1. The number of rotatable bonds is 3. The molecule has 1 aromatic carbocycles. The predicted molar refractivity (Wildman–Crippen MR) is 61.8 cm³/mol. The minimum absolute atomic E-state index is 0.886. The molecule has 0 bridgehead atoms. The van der Waals surface area contributed by atoms with Crippen LogP contribution in [-0.4, -0.2) is 0 Å². The molecule has 0 saturated heterocycles. The van der Waals surface area contributed by atoms with E-state index in [9.17, 15) is 0 Å². The van der Waals surface area contributed by atoms with E-state index in [0.29, 0.717) is 0 Å². The van der Waals surface area contributed by atoms with Crippen LogP contribution in [0.1, 0.15) is 55.2 Å². The van der Waals surface area contributed by atoms with Crippen LogP contribution in [0.25, 0.3) is 0 Å². The minimum atomic E-state index is 0.886. The molecule has 0 N–H and O–H groups in total. The van der Waals surface area contributed by atoms with E-state index in [1.807, 2.05) is 0 Å². The number of benzene rings is 1. The normalized spacial score (nSPS) is 16.7. The maximum Gasteiger partial charge on any atom is -0.0159 e. The van der Waals surface area contributed by atoms with Crippen LogP contribution in [0.5, 0.6) is 0 Å². The summed E-state index contributed by atoms with van der Waals surface area (Å²) >= 11 is 0. The Morgan fingerprint density at radius 1 is 1.29 bits per heavy atom. The van der Waals surface area contributed by atoms with E-state index in [1.54, 1.807) is 11.1 Å². The van der Waals surface area contributed by atoms with Crippen molar-refractivity contribution in [3.05, 3.63) is 34.9 Å². The fourth-order valence-corrected chi connectivity index (χ4v) is 2.31. The standard InChI is InChI=1S/C14H20/c1-3-5-12-9-8-11(2)10-14(12)13-6-4-7-13/h8-10,13H,3-7H2,1-2H3. The molecule has 1 aliphatic rings. The van der Waals surface area contributed by atoms with Crippen LogP contribution in [-0.2, 0) is 6.42 Å². The highest BCUT2D eigenvalue weighted by molar-refractivity contribution is 5.35. The number of hydrogen-bond donors (Lipinski definition) is 0. The number of aryl methyl sites for hydroxylation is 2. The van der Waals surface area contributed by atoms with Crippen molar-refractivity contribution in [3.63, 3.8) is 0 Å². The van der Waals surface area contributed by atoms with E-state index < -0.39 is 0 Å². The van der Waals surface area contributed by atoms with Gasteiger partial charge in [-0.3, -0.25) is 0 Å². The highest BCUT2D eigenvalue weighted by atomic mass is 14.3. The maximum absolute atomic E-state index is 2.41. The first-order valence-electron chi connectivity index (χ1n) is 5.90. The van der Waals surface area contributed by atoms with Gasteiger partial charge in [-0.15, -0.1) is 0 Å². The summed E-state index contributed by atoms with van der Waals surface area (Å²) in [5, 5.41) is 0. The van der Waals surface area contributed by atoms with Gasteiger partial charge in [0, 0.05) is 0 Å². The molecule has 0 aromatic heterocycles. The molecular weight excluding hydrogens is 168 g/mol. The average molecular weight is 188 g/mol. The first kappa shape index (κ1) is 9.76. The second-order valence-electron chi connectivity index (χ2n) is 4.58. The molecule has 76 valence electrons. The van der Waals surface area contributed by atoms with E-state index in [-0.39, 0.29) is 0 Å². The zero-order chi connectivity index (χ0) is 9.97. The van der Waals surface area contributed by atoms with Crippen molar-refractivity contribution in [3.8, 4) is 0 Å². The Balaban J connectivity index is 2.27. The fraction of sp³-hybridized carbons (Fsp3) is 0.571. The third kappa shape index (κ3) is 1.84. The molecule has 0 heterocycles. The maximum atomic E-state index is 2.41. The van der Waals surface area contributed by atoms with Gasteiger partial charge in [0.25, 0.3) is 0 Å². The third-order valence-corrected chi connectivity index (χ3v) is 3.37. The monoisotopic (exact) mass is 188 g/mol. The molecule has 0 atom stereocenters. The smallest absolute Gasteiger partial charge is 0.0159 e. The van der Waals surface area contributed by atoms with Crippen LogP contribution in [0.15, 0.2) is 18.2 Å². The molecule has 1 aromatic rings. The number of hydrogen-bond acceptors (Lipinski definition) is 0. The summed E-state index contributed by atoms with van der Waals surface area (Å²) in [5.41, 5.74) is 4.67. The van der Waals surface area contributed by atoms with Crippen molar-refractivity contribution < 1.29 is 0 Å². The molecule has 0 spiro atoms. The van der Waals surface area contributed by atoms with Crippen LogP contribution in [0, 0.1) is 6.92 Å². The van der Waals surface area contributed by atoms with Gasteiger partial charge in [0.15, 0.2) is 0 Å². The van der Waals surface area contributed by atoms with Gasteiger partial charge in [-0.2, -0.15) is 0 Å². The van der Waals surface area contributed by atoms with Gasteiger partial charge in [-0.05, 0) is 43.2 Å². The lowest BCUT2D eigenvalue weighted by Crippen LogP contribution is -2.11. The van der Waals surface area contributed by atoms with E-state index in [4.69, 9.17) is 0 Å². The zero-order valence-electron chi connectivity index (χ0n) is 9.34. The Bertz CT molecular complexity index is 308. The second kappa shape index (κ2) is 4.16. The fourth-order valence-electron chi connectivity index (χ4n) is 2.31. The molecule has 1 saturated carbocycles. The van der Waals surface area contributed by atoms with Crippen molar-refractivity contribution in [2.45, 2.75) is 51.9 Å². The summed E-state index contributed by atoms with van der Waals surface area (Å²) in [6.07, 6.45) is 6.79. The molecular formula is C14H20. The van der Waals surface area contributed by atoms with Crippen molar-refractivity contribution in [2.24, 2.45) is 0 Å². The van der Waals surface area contributed by atoms with Crippen molar-refractivity contribution in [2.75, 3.05) is 0 Å². The molecule has 14 heavy (non-hydrogen) atoms. The molecule has 0 unspecified atom stereocenters. The molecule has 1 aliphatic carbocycles. The summed E-state index contributed by atoms with van der Waals surface area (Å²) in [7, 11) is 0. The van der Waals surface area contributed by atoms with Crippen LogP contribution < -0.4 is 0 Å². The lowest BCUT2D eigenvalue weighted by molar-refractivity contribution is 0.417. The van der Waals surface area contributed by atoms with Gasteiger partial charge in [0.1, 0.15) is 0 Å². The molecule has 1 fully saturated rings. The third-order valence-electron chi connectivity index (χ3n) is 3.37. The molecule has 0 amide bonds. The van der Waals surface area contributed by atoms with Crippen LogP contribution in [0.4, 0.5) is 0 Å². The summed E-state index contributed by atoms with van der Waals surface area (Å²) in [6, 6.07) is 7.01. The quantitative estimate of drug-likeness (QED) is 0.666. The molecule has 0 radical (unpaired) electrons. The second-order valence-corrected chi connectivity index (χ2v) is 4.58. The molecule has 0 heteroatoms. The Kier molecular flexibility index (Phi) is 2.90. The minimum Gasteiger partial charge on any atom is -0.0651 e. The van der Waals surface area contributed by atoms with Crippen molar-refractivity contribution in [1.82, 2.24) is 0 Å². The topological polar surface area (TPSA) is 0 Å². The van der Waals surface area contributed by atoms with Crippen LogP contribution in [0.2, 0.25) is 0 Å². The van der Waals surface area contributed by atoms with Crippen molar-refractivity contribution in [1.29, 1.82) is 0 Å². The Hall–Kier alpha value is -0.780. The van der Waals surface area contributed by atoms with Gasteiger partial charge in [0.05, 0.1) is 0 Å². The Morgan fingerprint density at radius 2 is 2.07 bits per heavy atom. The lowest BCUT2D eigenvalue weighted by Gasteiger charge is -2.28. The largest absolute Gasteiger partial charge is 0.0651 e. The molecule has 0 nitrogen and oxygen atoms in total. The summed E-state index contributed by atoms with van der Waals surface area (Å²) in [5.74, 6) is 0.886. The average Bonchev–Trinajstić information content (AvgIpc) is 2.07. The predicted octanol–water partition coefficient (Wildman–Crippen LogP) is 4.22. The Morgan fingerprint density at radius 3 is 2.64 bits per heavy atom. The van der Waals surface area contributed by atoms with E-state index in [1.165, 1.54) is 37.7 Å². The first-order chi connectivity index (χ1) is 6.81. The molecule has 2 rings (SSSR count). The van der Waals surface area contributed by atoms with E-state index in [2.05, 4.69) is 32.0 Å². The first-order valence-corrected chi connectivity index (χ1v) is 5.90. The highest BCUT2D eigenvalue weighted by Gasteiger charge is 2.21. The summed E-state index contributed by atoms with van der Waals surface area (Å²) < 4.78 is 0. The Labute approximate surface area is 87.3 Å².